The Morgan fingerprint density at radius 2 is 1.81 bits per heavy atom. The summed E-state index contributed by atoms with van der Waals surface area (Å²) in [5, 5.41) is 0.303. The van der Waals surface area contributed by atoms with Crippen LogP contribution in [0.15, 0.2) is 36.5 Å². The number of nitrogens with one attached hydrogen (secondary N) is 1. The molecule has 31 heavy (non-hydrogen) atoms. The number of ether oxygens (including phenoxy) is 1. The Morgan fingerprint density at radius 3 is 2.35 bits per heavy atom. The largest absolute Gasteiger partial charge is 0.494 e. The van der Waals surface area contributed by atoms with E-state index in [0.717, 1.165) is 0 Å². The third-order valence-electron chi connectivity index (χ3n) is 5.20. The molecule has 1 aliphatic rings. The van der Waals surface area contributed by atoms with Gasteiger partial charge in [-0.05, 0) is 51.4 Å². The lowest BCUT2D eigenvalue weighted by molar-refractivity contribution is 0.00578. The van der Waals surface area contributed by atoms with Gasteiger partial charge in [0.1, 0.15) is 17.5 Å². The highest BCUT2D eigenvalue weighted by Gasteiger charge is 2.51. The topological polar surface area (TPSA) is 86.8 Å². The number of halogens is 3. The van der Waals surface area contributed by atoms with Gasteiger partial charge < -0.3 is 14.0 Å². The summed E-state index contributed by atoms with van der Waals surface area (Å²) >= 11 is 5.77. The predicted molar refractivity (Wildman–Crippen MR) is 114 cm³/mol. The summed E-state index contributed by atoms with van der Waals surface area (Å²) in [6, 6.07) is 7.60. The third-order valence-corrected chi connectivity index (χ3v) is 6.40. The van der Waals surface area contributed by atoms with Gasteiger partial charge in [0.05, 0.1) is 16.9 Å². The molecular formula is C19H22BClF2N2O5S. The Balaban J connectivity index is 1.91. The second kappa shape index (κ2) is 8.53. The maximum atomic E-state index is 12.9. The van der Waals surface area contributed by atoms with Gasteiger partial charge in [0.2, 0.25) is 0 Å². The molecule has 0 bridgehead atoms. The average molecular weight is 475 g/mol. The first kappa shape index (κ1) is 23.7. The summed E-state index contributed by atoms with van der Waals surface area (Å²) in [5.74, 6) is -3.56. The number of hydrogen-bond donors (Lipinski definition) is 1. The van der Waals surface area contributed by atoms with Gasteiger partial charge in [-0.3, -0.25) is 4.72 Å². The van der Waals surface area contributed by atoms with Crippen molar-refractivity contribution in [3.8, 4) is 5.75 Å². The van der Waals surface area contributed by atoms with Crippen molar-refractivity contribution in [2.24, 2.45) is 0 Å². The molecule has 2 aromatic rings. The van der Waals surface area contributed by atoms with Crippen molar-refractivity contribution in [1.82, 2.24) is 4.98 Å². The van der Waals surface area contributed by atoms with Crippen molar-refractivity contribution in [1.29, 1.82) is 0 Å². The lowest BCUT2D eigenvalue weighted by Gasteiger charge is -2.32. The number of nitrogens with zero attached hydrogens (tertiary/aromatic N) is 1. The summed E-state index contributed by atoms with van der Waals surface area (Å²) in [4.78, 5) is 3.94. The minimum absolute atomic E-state index is 0.000392. The van der Waals surface area contributed by atoms with Gasteiger partial charge in [-0.1, -0.05) is 23.7 Å². The highest BCUT2D eigenvalue weighted by atomic mass is 35.5. The maximum absolute atomic E-state index is 12.9. The van der Waals surface area contributed by atoms with Crippen LogP contribution in [-0.2, 0) is 25.9 Å². The quantitative estimate of drug-likeness (QED) is 0.488. The molecule has 0 atom stereocenters. The number of alkyl halides is 2. The van der Waals surface area contributed by atoms with Gasteiger partial charge in [0, 0.05) is 11.8 Å². The zero-order chi connectivity index (χ0) is 23.0. The number of aromatic nitrogens is 1. The van der Waals surface area contributed by atoms with E-state index in [1.807, 2.05) is 32.4 Å². The normalized spacial score (nSPS) is 17.7. The van der Waals surface area contributed by atoms with Crippen LogP contribution < -0.4 is 14.9 Å². The van der Waals surface area contributed by atoms with E-state index >= 15 is 0 Å². The van der Waals surface area contributed by atoms with Crippen LogP contribution in [0.5, 0.6) is 5.75 Å². The van der Waals surface area contributed by atoms with E-state index in [0.29, 0.717) is 16.2 Å². The summed E-state index contributed by atoms with van der Waals surface area (Å²) in [6.07, 6.45) is 1.49. The molecule has 12 heteroatoms. The molecule has 1 N–H and O–H groups in total. The van der Waals surface area contributed by atoms with Crippen LogP contribution in [0, 0.1) is 0 Å². The molecule has 0 saturated carbocycles. The second-order valence-electron chi connectivity index (χ2n) is 8.03. The minimum Gasteiger partial charge on any atom is -0.487 e. The smallest absolute Gasteiger partial charge is 0.487 e. The first-order valence-corrected chi connectivity index (χ1v) is 11.3. The van der Waals surface area contributed by atoms with Crippen LogP contribution in [0.4, 0.5) is 14.5 Å². The van der Waals surface area contributed by atoms with E-state index in [1.165, 1.54) is 24.4 Å². The summed E-state index contributed by atoms with van der Waals surface area (Å²) in [5.41, 5.74) is -0.133. The molecule has 168 valence electrons. The van der Waals surface area contributed by atoms with E-state index in [4.69, 9.17) is 25.6 Å². The molecule has 1 aromatic heterocycles. The molecule has 3 rings (SSSR count). The van der Waals surface area contributed by atoms with Gasteiger partial charge in [-0.25, -0.2) is 13.4 Å². The average Bonchev–Trinajstić information content (AvgIpc) is 2.89. The molecule has 0 amide bonds. The van der Waals surface area contributed by atoms with Crippen LogP contribution in [0.3, 0.4) is 0 Å². The van der Waals surface area contributed by atoms with E-state index in [-0.39, 0.29) is 18.0 Å². The molecule has 1 saturated heterocycles. The molecule has 0 radical (unpaired) electrons. The van der Waals surface area contributed by atoms with E-state index < -0.39 is 34.1 Å². The van der Waals surface area contributed by atoms with Crippen LogP contribution in [-0.4, -0.2) is 37.5 Å². The fraction of sp³-hybridized carbons (Fsp3) is 0.421. The number of benzene rings is 1. The molecule has 1 aliphatic heterocycles. The maximum Gasteiger partial charge on any atom is 0.494 e. The van der Waals surface area contributed by atoms with Gasteiger partial charge >= 0.3 is 12.9 Å². The fourth-order valence-corrected chi connectivity index (χ4v) is 3.40. The number of hydrogen-bond acceptors (Lipinski definition) is 6. The molecule has 0 spiro atoms. The molecule has 1 fully saturated rings. The van der Waals surface area contributed by atoms with Gasteiger partial charge in [0.15, 0.2) is 0 Å². The first-order valence-electron chi connectivity index (χ1n) is 9.33. The highest BCUT2D eigenvalue weighted by molar-refractivity contribution is 7.93. The summed E-state index contributed by atoms with van der Waals surface area (Å²) in [7, 11) is -5.63. The fourth-order valence-electron chi connectivity index (χ4n) is 2.72. The Hall–Kier alpha value is -1.95. The Morgan fingerprint density at radius 1 is 1.16 bits per heavy atom. The van der Waals surface area contributed by atoms with E-state index in [9.17, 15) is 17.2 Å². The lowest BCUT2D eigenvalue weighted by Crippen LogP contribution is -2.41. The van der Waals surface area contributed by atoms with Crippen LogP contribution in [0.2, 0.25) is 5.15 Å². The summed E-state index contributed by atoms with van der Waals surface area (Å²) < 4.78 is 68.7. The SMILES string of the molecule is CC1(C)OB(c2ccc(NS(=O)(=O)C(F)F)c(OCc3ccc(Cl)nc3)c2)OC1(C)C. The standard InChI is InChI=1S/C19H22BClF2N2O5S/c1-18(2)19(3,4)30-20(29-18)13-6-7-14(25-31(26,27)17(22)23)15(9-13)28-11-12-5-8-16(21)24-10-12/h5-10,17,25H,11H2,1-4H3. The Bertz CT molecular complexity index is 1040. The first-order chi connectivity index (χ1) is 14.3. The van der Waals surface area contributed by atoms with Crippen LogP contribution >= 0.6 is 11.6 Å². The highest BCUT2D eigenvalue weighted by Crippen LogP contribution is 2.37. The van der Waals surface area contributed by atoms with Gasteiger partial charge in [-0.15, -0.1) is 0 Å². The Kier molecular flexibility index (Phi) is 6.53. The third kappa shape index (κ3) is 5.28. The molecule has 2 heterocycles. The van der Waals surface area contributed by atoms with E-state index in [1.54, 1.807) is 12.1 Å². The van der Waals surface area contributed by atoms with Crippen LogP contribution in [0.25, 0.3) is 0 Å². The van der Waals surface area contributed by atoms with Crippen molar-refractivity contribution in [3.05, 3.63) is 47.2 Å². The molecular weight excluding hydrogens is 453 g/mol. The number of anilines is 1. The second-order valence-corrected chi connectivity index (χ2v) is 10.1. The lowest BCUT2D eigenvalue weighted by atomic mass is 9.79. The zero-order valence-corrected chi connectivity index (χ0v) is 18.9. The van der Waals surface area contributed by atoms with Gasteiger partial charge in [0.25, 0.3) is 10.0 Å². The Labute approximate surface area is 185 Å². The van der Waals surface area contributed by atoms with Gasteiger partial charge in [-0.2, -0.15) is 8.78 Å². The predicted octanol–water partition coefficient (Wildman–Crippen LogP) is 3.58. The van der Waals surface area contributed by atoms with Crippen molar-refractivity contribution in [3.63, 3.8) is 0 Å². The molecule has 7 nitrogen and oxygen atoms in total. The molecule has 1 aromatic carbocycles. The van der Waals surface area contributed by atoms with Crippen molar-refractivity contribution in [2.75, 3.05) is 4.72 Å². The van der Waals surface area contributed by atoms with Crippen LogP contribution in [0.1, 0.15) is 33.3 Å². The summed E-state index contributed by atoms with van der Waals surface area (Å²) in [6.45, 7) is 7.57. The zero-order valence-electron chi connectivity index (χ0n) is 17.4. The minimum atomic E-state index is -4.89. The van der Waals surface area contributed by atoms with Crippen molar-refractivity contribution >= 4 is 39.9 Å². The monoisotopic (exact) mass is 474 g/mol. The van der Waals surface area contributed by atoms with Crippen molar-refractivity contribution < 1.29 is 31.2 Å². The number of rotatable bonds is 7. The number of pyridine rings is 1. The van der Waals surface area contributed by atoms with Crippen molar-refractivity contribution in [2.45, 2.75) is 51.3 Å². The van der Waals surface area contributed by atoms with E-state index in [2.05, 4.69) is 4.98 Å². The molecule has 0 aliphatic carbocycles. The number of sulfonamides is 1. The molecule has 0 unspecified atom stereocenters.